The van der Waals surface area contributed by atoms with E-state index in [0.29, 0.717) is 5.69 Å². The third-order valence-electron chi connectivity index (χ3n) is 2.22. The maximum absolute atomic E-state index is 10.4. The van der Waals surface area contributed by atoms with Gasteiger partial charge in [-0.15, -0.1) is 5.43 Å². The summed E-state index contributed by atoms with van der Waals surface area (Å²) < 4.78 is 0. The molecule has 0 saturated carbocycles. The standard InChI is InChI=1S/C12H10N2O2/c15-14(16)13-12-9-5-4-8-11(12)10-6-2-1-3-7-10/h1-9,13H. The normalized spacial score (nSPS) is 9.75. The molecule has 0 saturated heterocycles. The molecule has 0 radical (unpaired) electrons. The lowest BCUT2D eigenvalue weighted by molar-refractivity contribution is -0.445. The molecule has 1 N–H and O–H groups in total. The third kappa shape index (κ3) is 2.17. The Hall–Kier alpha value is -2.36. The fourth-order valence-corrected chi connectivity index (χ4v) is 1.55. The maximum Gasteiger partial charge on any atom is 0.162 e. The number of nitrogens with zero attached hydrogens (tertiary/aromatic N) is 1. The topological polar surface area (TPSA) is 55.2 Å². The largest absolute Gasteiger partial charge is 0.235 e. The maximum atomic E-state index is 10.4. The summed E-state index contributed by atoms with van der Waals surface area (Å²) in [5.74, 6) is 0. The number of nitrogens with one attached hydrogen (secondary N) is 1. The SMILES string of the molecule is O=[N+]([O-])Nc1ccccc1-c1ccccc1. The first-order valence-electron chi connectivity index (χ1n) is 4.83. The van der Waals surface area contributed by atoms with Gasteiger partial charge >= 0.3 is 0 Å². The van der Waals surface area contributed by atoms with E-state index in [1.54, 1.807) is 12.1 Å². The number of para-hydroxylation sites is 1. The molecular weight excluding hydrogens is 204 g/mol. The van der Waals surface area contributed by atoms with E-state index < -0.39 is 5.03 Å². The second-order valence-electron chi connectivity index (χ2n) is 3.28. The molecule has 0 amide bonds. The average Bonchev–Trinajstić information content (AvgIpc) is 2.30. The Morgan fingerprint density at radius 3 is 2.25 bits per heavy atom. The van der Waals surface area contributed by atoms with Crippen molar-refractivity contribution in [3.8, 4) is 11.1 Å². The lowest BCUT2D eigenvalue weighted by Gasteiger charge is -2.06. The number of hydrogen-bond acceptors (Lipinski definition) is 2. The Morgan fingerprint density at radius 1 is 0.938 bits per heavy atom. The van der Waals surface area contributed by atoms with Crippen molar-refractivity contribution in [2.75, 3.05) is 5.43 Å². The van der Waals surface area contributed by atoms with Gasteiger partial charge in [0.05, 0.1) is 0 Å². The zero-order valence-electron chi connectivity index (χ0n) is 8.46. The number of anilines is 1. The van der Waals surface area contributed by atoms with E-state index in [4.69, 9.17) is 0 Å². The van der Waals surface area contributed by atoms with E-state index in [1.807, 2.05) is 42.5 Å². The van der Waals surface area contributed by atoms with Crippen LogP contribution in [0, 0.1) is 10.1 Å². The van der Waals surface area contributed by atoms with Crippen molar-refractivity contribution in [1.82, 2.24) is 0 Å². The predicted molar refractivity (Wildman–Crippen MR) is 62.5 cm³/mol. The second kappa shape index (κ2) is 4.44. The summed E-state index contributed by atoms with van der Waals surface area (Å²) in [6.07, 6.45) is 0. The van der Waals surface area contributed by atoms with Crippen molar-refractivity contribution < 1.29 is 5.03 Å². The molecule has 0 bridgehead atoms. The van der Waals surface area contributed by atoms with Crippen LogP contribution in [0.5, 0.6) is 0 Å². The Labute approximate surface area is 92.7 Å². The molecule has 0 unspecified atom stereocenters. The van der Waals surface area contributed by atoms with Crippen molar-refractivity contribution in [3.05, 3.63) is 64.7 Å². The molecule has 16 heavy (non-hydrogen) atoms. The Morgan fingerprint density at radius 2 is 1.56 bits per heavy atom. The average molecular weight is 214 g/mol. The Kier molecular flexibility index (Phi) is 2.82. The lowest BCUT2D eigenvalue weighted by Crippen LogP contribution is -2.08. The first-order valence-corrected chi connectivity index (χ1v) is 4.83. The molecule has 0 aliphatic carbocycles. The number of benzene rings is 2. The van der Waals surface area contributed by atoms with Crippen molar-refractivity contribution in [2.24, 2.45) is 0 Å². The third-order valence-corrected chi connectivity index (χ3v) is 2.22. The summed E-state index contributed by atoms with van der Waals surface area (Å²) >= 11 is 0. The molecule has 0 aliphatic heterocycles. The van der Waals surface area contributed by atoms with Crippen molar-refractivity contribution in [2.45, 2.75) is 0 Å². The van der Waals surface area contributed by atoms with Gasteiger partial charge in [-0.2, -0.15) is 0 Å². The monoisotopic (exact) mass is 214 g/mol. The number of rotatable bonds is 3. The first-order chi connectivity index (χ1) is 7.77. The molecule has 4 heteroatoms. The molecule has 0 aromatic heterocycles. The number of hydrogen-bond donors (Lipinski definition) is 1. The molecule has 80 valence electrons. The fourth-order valence-electron chi connectivity index (χ4n) is 1.55. The molecule has 0 spiro atoms. The highest BCUT2D eigenvalue weighted by Gasteiger charge is 2.07. The van der Waals surface area contributed by atoms with Gasteiger partial charge in [0, 0.05) is 5.56 Å². The van der Waals surface area contributed by atoms with Crippen LogP contribution in [0.25, 0.3) is 11.1 Å². The van der Waals surface area contributed by atoms with Gasteiger partial charge in [0.1, 0.15) is 5.69 Å². The van der Waals surface area contributed by atoms with Crippen LogP contribution < -0.4 is 5.43 Å². The van der Waals surface area contributed by atoms with Crippen molar-refractivity contribution in [1.29, 1.82) is 0 Å². The highest BCUT2D eigenvalue weighted by atomic mass is 16.7. The second-order valence-corrected chi connectivity index (χ2v) is 3.28. The zero-order valence-corrected chi connectivity index (χ0v) is 8.46. The van der Waals surface area contributed by atoms with E-state index in [-0.39, 0.29) is 0 Å². The lowest BCUT2D eigenvalue weighted by atomic mass is 10.0. The van der Waals surface area contributed by atoms with Gasteiger partial charge in [0.15, 0.2) is 5.03 Å². The quantitative estimate of drug-likeness (QED) is 0.631. The molecule has 0 atom stereocenters. The van der Waals surface area contributed by atoms with Gasteiger partial charge in [-0.1, -0.05) is 48.5 Å². The summed E-state index contributed by atoms with van der Waals surface area (Å²) in [6, 6.07) is 16.7. The van der Waals surface area contributed by atoms with E-state index in [2.05, 4.69) is 5.43 Å². The molecule has 0 heterocycles. The van der Waals surface area contributed by atoms with E-state index >= 15 is 0 Å². The van der Waals surface area contributed by atoms with E-state index in [0.717, 1.165) is 11.1 Å². The molecule has 4 nitrogen and oxygen atoms in total. The summed E-state index contributed by atoms with van der Waals surface area (Å²) in [4.78, 5) is 10.4. The summed E-state index contributed by atoms with van der Waals surface area (Å²) in [7, 11) is 0. The molecule has 2 aromatic rings. The van der Waals surface area contributed by atoms with Gasteiger partial charge in [-0.05, 0) is 11.6 Å². The zero-order chi connectivity index (χ0) is 11.4. The first kappa shape index (κ1) is 10.2. The van der Waals surface area contributed by atoms with Crippen LogP contribution in [0.15, 0.2) is 54.6 Å². The molecular formula is C12H10N2O2. The van der Waals surface area contributed by atoms with Crippen LogP contribution in [0.1, 0.15) is 0 Å². The van der Waals surface area contributed by atoms with Crippen LogP contribution in [0.4, 0.5) is 5.69 Å². The minimum absolute atomic E-state index is 0.499. The van der Waals surface area contributed by atoms with Crippen LogP contribution in [-0.2, 0) is 0 Å². The minimum Gasteiger partial charge on any atom is -0.235 e. The molecule has 2 rings (SSSR count). The van der Waals surface area contributed by atoms with Crippen LogP contribution in [0.3, 0.4) is 0 Å². The summed E-state index contributed by atoms with van der Waals surface area (Å²) in [5, 5.41) is 9.89. The number of nitro groups is 1. The summed E-state index contributed by atoms with van der Waals surface area (Å²) in [5.41, 5.74) is 4.46. The van der Waals surface area contributed by atoms with Gasteiger partial charge in [0.25, 0.3) is 0 Å². The van der Waals surface area contributed by atoms with Crippen molar-refractivity contribution in [3.63, 3.8) is 0 Å². The molecule has 0 aliphatic rings. The highest BCUT2D eigenvalue weighted by molar-refractivity contribution is 5.76. The highest BCUT2D eigenvalue weighted by Crippen LogP contribution is 2.27. The Balaban J connectivity index is 2.44. The van der Waals surface area contributed by atoms with Crippen molar-refractivity contribution >= 4 is 5.69 Å². The van der Waals surface area contributed by atoms with Gasteiger partial charge < -0.3 is 0 Å². The number of hydrazine groups is 1. The van der Waals surface area contributed by atoms with E-state index in [9.17, 15) is 10.1 Å². The van der Waals surface area contributed by atoms with Gasteiger partial charge in [-0.25, -0.2) is 10.1 Å². The van der Waals surface area contributed by atoms with Gasteiger partial charge in [-0.3, -0.25) is 0 Å². The van der Waals surface area contributed by atoms with E-state index in [1.165, 1.54) is 0 Å². The fraction of sp³-hybridized carbons (Fsp3) is 0. The van der Waals surface area contributed by atoms with Gasteiger partial charge in [0.2, 0.25) is 0 Å². The molecule has 2 aromatic carbocycles. The Bertz CT molecular complexity index is 497. The predicted octanol–water partition coefficient (Wildman–Crippen LogP) is 2.96. The van der Waals surface area contributed by atoms with Crippen LogP contribution >= 0.6 is 0 Å². The van der Waals surface area contributed by atoms with Crippen LogP contribution in [-0.4, -0.2) is 5.03 Å². The smallest absolute Gasteiger partial charge is 0.162 e. The minimum atomic E-state index is -0.554. The summed E-state index contributed by atoms with van der Waals surface area (Å²) in [6.45, 7) is 0. The molecule has 0 fully saturated rings. The van der Waals surface area contributed by atoms with Crippen LogP contribution in [0.2, 0.25) is 0 Å².